The van der Waals surface area contributed by atoms with Gasteiger partial charge in [0, 0.05) is 0 Å². The van der Waals surface area contributed by atoms with Crippen LogP contribution in [0.4, 0.5) is 0 Å². The van der Waals surface area contributed by atoms with Crippen molar-refractivity contribution in [2.75, 3.05) is 6.61 Å². The highest BCUT2D eigenvalue weighted by atomic mass is 16.7. The second kappa shape index (κ2) is 1.38. The van der Waals surface area contributed by atoms with Gasteiger partial charge in [-0.25, -0.2) is 0 Å². The lowest BCUT2D eigenvalue weighted by atomic mass is 10.8. The molecule has 0 saturated carbocycles. The number of rotatable bonds is 0. The van der Waals surface area contributed by atoms with Crippen molar-refractivity contribution in [3.63, 3.8) is 0 Å². The molecule has 2 heteroatoms. The number of hydrogen-bond acceptors (Lipinski definition) is 2. The predicted molar refractivity (Wildman–Crippen MR) is 15.6 cm³/mol. The third-order valence-electron chi connectivity index (χ3n) is 0.384. The molecule has 28 valence electrons. The van der Waals surface area contributed by atoms with Crippen LogP contribution in [0.3, 0.4) is 0 Å². The highest BCUT2D eigenvalue weighted by Gasteiger charge is 1.96. The fourth-order valence-electron chi connectivity index (χ4n) is 0.196. The lowest BCUT2D eigenvalue weighted by Crippen LogP contribution is -1.70. The zero-order valence-corrected chi connectivity index (χ0v) is 2.68. The van der Waals surface area contributed by atoms with Gasteiger partial charge >= 0.3 is 0 Å². The summed E-state index contributed by atoms with van der Waals surface area (Å²) in [4.78, 5) is 0. The van der Waals surface area contributed by atoms with E-state index in [0.29, 0.717) is 6.61 Å². The summed E-state index contributed by atoms with van der Waals surface area (Å²) < 4.78 is 9.01. The fraction of sp³-hybridized carbons (Fsp3) is 0.333. The van der Waals surface area contributed by atoms with Gasteiger partial charge in [0.25, 0.3) is 0 Å². The Morgan fingerprint density at radius 2 is 2.60 bits per heavy atom. The summed E-state index contributed by atoms with van der Waals surface area (Å²) in [7, 11) is 0. The first kappa shape index (κ1) is 3.12. The Bertz CT molecular complexity index is 16.5. The van der Waals surface area contributed by atoms with Gasteiger partial charge in [-0.15, -0.1) is 0 Å². The van der Waals surface area contributed by atoms with Gasteiger partial charge in [0.15, 0.2) is 0 Å². The van der Waals surface area contributed by atoms with Crippen molar-refractivity contribution in [2.45, 2.75) is 0 Å². The molecule has 0 spiro atoms. The van der Waals surface area contributed by atoms with Crippen LogP contribution in [-0.4, -0.2) is 6.61 Å². The summed E-state index contributed by atoms with van der Waals surface area (Å²) in [5.74, 6) is 0. The molecular formula is C3H4O2. The van der Waals surface area contributed by atoms with Crippen LogP contribution in [0.1, 0.15) is 0 Å². The highest BCUT2D eigenvalue weighted by Crippen LogP contribution is 1.97. The molecule has 0 unspecified atom stereocenters. The molecule has 0 bridgehead atoms. The van der Waals surface area contributed by atoms with Gasteiger partial charge in [-0.1, -0.05) is 0 Å². The zero-order valence-electron chi connectivity index (χ0n) is 2.68. The minimum Gasteiger partial charge on any atom is -0.345 e. The van der Waals surface area contributed by atoms with Crippen molar-refractivity contribution in [1.82, 2.24) is 0 Å². The molecule has 1 heterocycles. The second-order valence-corrected chi connectivity index (χ2v) is 0.732. The average Bonchev–Trinajstić information content (AvgIpc) is 1.76. The van der Waals surface area contributed by atoms with Crippen LogP contribution in [0.15, 0.2) is 0 Å². The van der Waals surface area contributed by atoms with E-state index in [0.717, 1.165) is 0 Å². The smallest absolute Gasteiger partial charge is 0.209 e. The fourth-order valence-corrected chi connectivity index (χ4v) is 0.196. The molecule has 0 aromatic rings. The first-order valence-electron chi connectivity index (χ1n) is 1.40. The second-order valence-electron chi connectivity index (χ2n) is 0.732. The first-order chi connectivity index (χ1) is 2.50. The monoisotopic (exact) mass is 72.0 g/mol. The number of ether oxygens (including phenoxy) is 2. The van der Waals surface area contributed by atoms with Crippen LogP contribution in [0.2, 0.25) is 0 Å². The van der Waals surface area contributed by atoms with Gasteiger partial charge in [-0.05, 0) is 0 Å². The van der Waals surface area contributed by atoms with Gasteiger partial charge in [0.2, 0.25) is 6.79 Å². The van der Waals surface area contributed by atoms with E-state index >= 15 is 0 Å². The molecule has 0 aromatic carbocycles. The Hall–Kier alpha value is -0.0800. The van der Waals surface area contributed by atoms with E-state index in [1.807, 2.05) is 0 Å². The normalized spacial score (nSPS) is 24.0. The van der Waals surface area contributed by atoms with Gasteiger partial charge in [0.05, 0.1) is 6.61 Å². The Morgan fingerprint density at radius 3 is 2.80 bits per heavy atom. The van der Waals surface area contributed by atoms with Crippen molar-refractivity contribution in [3.05, 3.63) is 13.4 Å². The Labute approximate surface area is 30.7 Å². The third-order valence-corrected chi connectivity index (χ3v) is 0.384. The van der Waals surface area contributed by atoms with Crippen LogP contribution >= 0.6 is 0 Å². The van der Waals surface area contributed by atoms with Crippen LogP contribution < -0.4 is 0 Å². The lowest BCUT2D eigenvalue weighted by molar-refractivity contribution is 0.169. The molecule has 0 amide bonds. The van der Waals surface area contributed by atoms with Gasteiger partial charge in [-0.3, -0.25) is 0 Å². The molecule has 0 aromatic heterocycles. The van der Waals surface area contributed by atoms with Crippen molar-refractivity contribution < 1.29 is 9.47 Å². The van der Waals surface area contributed by atoms with Gasteiger partial charge in [-0.2, -0.15) is 0 Å². The average molecular weight is 72.1 g/mol. The van der Waals surface area contributed by atoms with Crippen molar-refractivity contribution >= 4 is 0 Å². The van der Waals surface area contributed by atoms with E-state index in [2.05, 4.69) is 9.47 Å². The van der Waals surface area contributed by atoms with E-state index in [1.54, 1.807) is 6.61 Å². The van der Waals surface area contributed by atoms with Crippen LogP contribution in [0, 0.1) is 13.4 Å². The summed E-state index contributed by atoms with van der Waals surface area (Å²) in [5.41, 5.74) is 0. The maximum absolute atomic E-state index is 4.54. The van der Waals surface area contributed by atoms with E-state index in [9.17, 15) is 0 Å². The molecule has 1 fully saturated rings. The first-order valence-corrected chi connectivity index (χ1v) is 1.40. The minimum atomic E-state index is 0.597. The molecule has 5 heavy (non-hydrogen) atoms. The van der Waals surface area contributed by atoms with E-state index in [4.69, 9.17) is 0 Å². The zero-order chi connectivity index (χ0) is 3.54. The number of hydrogen-bond donors (Lipinski definition) is 0. The van der Waals surface area contributed by atoms with Crippen molar-refractivity contribution in [3.8, 4) is 0 Å². The molecule has 0 N–H and O–H groups in total. The molecular weight excluding hydrogens is 68.0 g/mol. The predicted octanol–water partition coefficient (Wildman–Crippen LogP) is 0.314. The third kappa shape index (κ3) is 0.597. The molecule has 1 aliphatic rings. The quantitative estimate of drug-likeness (QED) is 0.410. The summed E-state index contributed by atoms with van der Waals surface area (Å²) in [6.07, 6.45) is 0. The van der Waals surface area contributed by atoms with Gasteiger partial charge < -0.3 is 9.47 Å². The van der Waals surface area contributed by atoms with E-state index in [-0.39, 0.29) is 0 Å². The standard InChI is InChI=1S/C3H4O2/c1-2-5-3-4-1/h1,3H,2H2. The van der Waals surface area contributed by atoms with E-state index in [1.165, 1.54) is 6.79 Å². The van der Waals surface area contributed by atoms with Crippen LogP contribution in [-0.2, 0) is 9.47 Å². The largest absolute Gasteiger partial charge is 0.345 e. The van der Waals surface area contributed by atoms with Gasteiger partial charge in [0.1, 0.15) is 6.61 Å². The molecule has 0 atom stereocenters. The molecule has 1 aliphatic heterocycles. The lowest BCUT2D eigenvalue weighted by Gasteiger charge is -1.73. The molecule has 0 aliphatic carbocycles. The van der Waals surface area contributed by atoms with Crippen LogP contribution in [0.25, 0.3) is 0 Å². The SMILES string of the molecule is [CH]1CO[CH]O1. The molecule has 1 rings (SSSR count). The minimum absolute atomic E-state index is 0.597. The summed E-state index contributed by atoms with van der Waals surface area (Å²) in [6.45, 7) is 3.49. The maximum atomic E-state index is 4.54. The summed E-state index contributed by atoms with van der Waals surface area (Å²) >= 11 is 0. The topological polar surface area (TPSA) is 18.5 Å². The Balaban J connectivity index is 2.08. The molecule has 2 radical (unpaired) electrons. The molecule has 1 saturated heterocycles. The highest BCUT2D eigenvalue weighted by molar-refractivity contribution is 4.55. The van der Waals surface area contributed by atoms with Crippen LogP contribution in [0.5, 0.6) is 0 Å². The Morgan fingerprint density at radius 1 is 1.60 bits per heavy atom. The summed E-state index contributed by atoms with van der Waals surface area (Å²) in [6, 6.07) is 0. The van der Waals surface area contributed by atoms with Crippen molar-refractivity contribution in [1.29, 1.82) is 0 Å². The maximum Gasteiger partial charge on any atom is 0.209 e. The molecule has 2 nitrogen and oxygen atoms in total. The Kier molecular flexibility index (Phi) is 0.862. The van der Waals surface area contributed by atoms with Crippen molar-refractivity contribution in [2.24, 2.45) is 0 Å². The summed E-state index contributed by atoms with van der Waals surface area (Å²) in [5, 5.41) is 0. The van der Waals surface area contributed by atoms with E-state index < -0.39 is 0 Å².